The number of carbonyl (C=O) groups is 2. The van der Waals surface area contributed by atoms with Gasteiger partial charge in [0.2, 0.25) is 11.9 Å². The molecule has 0 aliphatic rings. The lowest BCUT2D eigenvalue weighted by atomic mass is 10.0. The molecule has 0 unspecified atom stereocenters. The first-order chi connectivity index (χ1) is 11.4. The minimum Gasteiger partial charge on any atom is -0.340 e. The van der Waals surface area contributed by atoms with Gasteiger partial charge < -0.3 is 5.32 Å². The van der Waals surface area contributed by atoms with Crippen molar-refractivity contribution in [3.05, 3.63) is 40.1 Å². The quantitative estimate of drug-likeness (QED) is 0.728. The van der Waals surface area contributed by atoms with Crippen molar-refractivity contribution in [2.24, 2.45) is 5.92 Å². The smallest absolute Gasteiger partial charge is 0.253 e. The summed E-state index contributed by atoms with van der Waals surface area (Å²) < 4.78 is 0. The Labute approximate surface area is 149 Å². The molecule has 2 amide bonds. The molecule has 0 saturated carbocycles. The Kier molecular flexibility index (Phi) is 6.16. The van der Waals surface area contributed by atoms with Crippen LogP contribution in [0.4, 0.5) is 5.95 Å². The average molecular weight is 370 g/mol. The highest BCUT2D eigenvalue weighted by Crippen LogP contribution is 2.21. The lowest BCUT2D eigenvalue weighted by Crippen LogP contribution is -2.44. The molecule has 1 aromatic carbocycles. The van der Waals surface area contributed by atoms with Gasteiger partial charge in [0.1, 0.15) is 12.4 Å². The monoisotopic (exact) mass is 369 g/mol. The highest BCUT2D eigenvalue weighted by molar-refractivity contribution is 6.36. The molecule has 0 bridgehead atoms. The Morgan fingerprint density at radius 3 is 2.62 bits per heavy atom. The van der Waals surface area contributed by atoms with E-state index >= 15 is 0 Å². The van der Waals surface area contributed by atoms with Crippen LogP contribution < -0.4 is 10.6 Å². The fourth-order valence-electron chi connectivity index (χ4n) is 2.08. The average Bonchev–Trinajstić information content (AvgIpc) is 2.98. The Morgan fingerprint density at radius 2 is 2.04 bits per heavy atom. The molecule has 3 N–H and O–H groups in total. The Balaban J connectivity index is 2.12. The maximum absolute atomic E-state index is 12.4. The van der Waals surface area contributed by atoms with E-state index in [1.165, 1.54) is 18.5 Å². The molecular formula is C15H17Cl2N5O2. The topological polar surface area (TPSA) is 99.8 Å². The zero-order valence-electron chi connectivity index (χ0n) is 13.1. The SMILES string of the molecule is CC(C)C[C@H](NC(=O)c1ccc(Cl)cc1Cl)C(=O)Nc1ncn[nH]1. The number of rotatable bonds is 6. The van der Waals surface area contributed by atoms with Crippen molar-refractivity contribution >= 4 is 41.0 Å². The standard InChI is InChI=1S/C15H17Cl2N5O2/c1-8(2)5-12(14(24)21-15-18-7-19-22-15)20-13(23)10-4-3-9(16)6-11(10)17/h3-4,6-8,12H,5H2,1-2H3,(H,20,23)(H2,18,19,21,22,24)/t12-/m0/s1. The van der Waals surface area contributed by atoms with E-state index < -0.39 is 11.9 Å². The number of nitrogens with zero attached hydrogens (tertiary/aromatic N) is 2. The minimum absolute atomic E-state index is 0.191. The molecule has 128 valence electrons. The number of anilines is 1. The molecule has 9 heteroatoms. The van der Waals surface area contributed by atoms with Crippen LogP contribution in [-0.4, -0.2) is 33.0 Å². The third kappa shape index (κ3) is 4.94. The van der Waals surface area contributed by atoms with Crippen LogP contribution in [0.25, 0.3) is 0 Å². The third-order valence-electron chi connectivity index (χ3n) is 3.16. The van der Waals surface area contributed by atoms with Crippen molar-refractivity contribution in [1.29, 1.82) is 0 Å². The Morgan fingerprint density at radius 1 is 1.29 bits per heavy atom. The van der Waals surface area contributed by atoms with Crippen molar-refractivity contribution in [1.82, 2.24) is 20.5 Å². The van der Waals surface area contributed by atoms with Crippen LogP contribution in [0, 0.1) is 5.92 Å². The largest absolute Gasteiger partial charge is 0.340 e. The zero-order valence-corrected chi connectivity index (χ0v) is 14.6. The predicted molar refractivity (Wildman–Crippen MR) is 92.2 cm³/mol. The van der Waals surface area contributed by atoms with E-state index in [0.717, 1.165) is 0 Å². The van der Waals surface area contributed by atoms with Gasteiger partial charge in [-0.25, -0.2) is 5.10 Å². The number of halogens is 2. The summed E-state index contributed by atoms with van der Waals surface area (Å²) in [6, 6.07) is 3.81. The summed E-state index contributed by atoms with van der Waals surface area (Å²) in [7, 11) is 0. The van der Waals surface area contributed by atoms with E-state index in [-0.39, 0.29) is 28.4 Å². The maximum Gasteiger partial charge on any atom is 0.253 e. The van der Waals surface area contributed by atoms with Gasteiger partial charge in [-0.3, -0.25) is 14.9 Å². The van der Waals surface area contributed by atoms with Gasteiger partial charge in [0, 0.05) is 5.02 Å². The molecule has 0 aliphatic carbocycles. The van der Waals surface area contributed by atoms with E-state index in [2.05, 4.69) is 25.8 Å². The van der Waals surface area contributed by atoms with Gasteiger partial charge in [-0.15, -0.1) is 0 Å². The van der Waals surface area contributed by atoms with Gasteiger partial charge in [-0.05, 0) is 30.5 Å². The number of aromatic nitrogens is 3. The van der Waals surface area contributed by atoms with Crippen LogP contribution in [0.3, 0.4) is 0 Å². The molecule has 0 aliphatic heterocycles. The number of hydrogen-bond acceptors (Lipinski definition) is 4. The van der Waals surface area contributed by atoms with Gasteiger partial charge >= 0.3 is 0 Å². The predicted octanol–water partition coefficient (Wildman–Crippen LogP) is 2.89. The first kappa shape index (κ1) is 18.2. The van der Waals surface area contributed by atoms with E-state index in [0.29, 0.717) is 11.4 Å². The number of benzene rings is 1. The molecule has 1 atom stereocenters. The second kappa shape index (κ2) is 8.12. The highest BCUT2D eigenvalue weighted by atomic mass is 35.5. The van der Waals surface area contributed by atoms with Gasteiger partial charge in [0.25, 0.3) is 5.91 Å². The van der Waals surface area contributed by atoms with Gasteiger partial charge in [-0.2, -0.15) is 10.1 Å². The molecule has 0 saturated heterocycles. The number of hydrogen-bond donors (Lipinski definition) is 3. The normalized spacial score (nSPS) is 12.0. The van der Waals surface area contributed by atoms with E-state index in [4.69, 9.17) is 23.2 Å². The summed E-state index contributed by atoms with van der Waals surface area (Å²) >= 11 is 11.9. The summed E-state index contributed by atoms with van der Waals surface area (Å²) in [5, 5.41) is 12.1. The maximum atomic E-state index is 12.4. The Hall–Kier alpha value is -2.12. The highest BCUT2D eigenvalue weighted by Gasteiger charge is 2.24. The molecule has 0 radical (unpaired) electrons. The zero-order chi connectivity index (χ0) is 17.7. The van der Waals surface area contributed by atoms with Crippen LogP contribution in [-0.2, 0) is 4.79 Å². The fraction of sp³-hybridized carbons (Fsp3) is 0.333. The molecule has 1 aromatic heterocycles. The molecule has 2 rings (SSSR count). The van der Waals surface area contributed by atoms with Crippen molar-refractivity contribution < 1.29 is 9.59 Å². The molecular weight excluding hydrogens is 353 g/mol. The first-order valence-electron chi connectivity index (χ1n) is 7.29. The van der Waals surface area contributed by atoms with Crippen LogP contribution in [0.1, 0.15) is 30.6 Å². The number of H-pyrrole nitrogens is 1. The third-order valence-corrected chi connectivity index (χ3v) is 3.71. The van der Waals surface area contributed by atoms with Gasteiger partial charge in [0.05, 0.1) is 10.6 Å². The van der Waals surface area contributed by atoms with E-state index in [9.17, 15) is 9.59 Å². The van der Waals surface area contributed by atoms with Crippen molar-refractivity contribution in [3.8, 4) is 0 Å². The first-order valence-corrected chi connectivity index (χ1v) is 8.04. The number of amides is 2. The van der Waals surface area contributed by atoms with Crippen LogP contribution >= 0.6 is 23.2 Å². The van der Waals surface area contributed by atoms with Crippen molar-refractivity contribution in [2.45, 2.75) is 26.3 Å². The van der Waals surface area contributed by atoms with Gasteiger partial charge in [0.15, 0.2) is 0 Å². The van der Waals surface area contributed by atoms with Gasteiger partial charge in [-0.1, -0.05) is 37.0 Å². The second-order valence-electron chi connectivity index (χ2n) is 5.60. The number of aromatic amines is 1. The summed E-state index contributed by atoms with van der Waals surface area (Å²) in [6.45, 7) is 3.91. The summed E-state index contributed by atoms with van der Waals surface area (Å²) in [4.78, 5) is 28.6. The number of carbonyl (C=O) groups excluding carboxylic acids is 2. The molecule has 7 nitrogen and oxygen atoms in total. The molecule has 24 heavy (non-hydrogen) atoms. The molecule has 1 heterocycles. The van der Waals surface area contributed by atoms with Crippen LogP contribution in [0.15, 0.2) is 24.5 Å². The lowest BCUT2D eigenvalue weighted by molar-refractivity contribution is -0.118. The molecule has 2 aromatic rings. The number of nitrogens with one attached hydrogen (secondary N) is 3. The van der Waals surface area contributed by atoms with Crippen molar-refractivity contribution in [2.75, 3.05) is 5.32 Å². The summed E-state index contributed by atoms with van der Waals surface area (Å²) in [5.74, 6) is -0.432. The van der Waals surface area contributed by atoms with E-state index in [1.54, 1.807) is 6.07 Å². The molecule has 0 fully saturated rings. The second-order valence-corrected chi connectivity index (χ2v) is 6.45. The molecule has 0 spiro atoms. The summed E-state index contributed by atoms with van der Waals surface area (Å²) in [5.41, 5.74) is 0.252. The minimum atomic E-state index is -0.741. The lowest BCUT2D eigenvalue weighted by Gasteiger charge is -2.19. The van der Waals surface area contributed by atoms with Crippen molar-refractivity contribution in [3.63, 3.8) is 0 Å². The summed E-state index contributed by atoms with van der Waals surface area (Å²) in [6.07, 6.45) is 1.73. The van der Waals surface area contributed by atoms with Crippen LogP contribution in [0.5, 0.6) is 0 Å². The van der Waals surface area contributed by atoms with Crippen LogP contribution in [0.2, 0.25) is 10.0 Å². The Bertz CT molecular complexity index is 719. The fourth-order valence-corrected chi connectivity index (χ4v) is 2.58. The van der Waals surface area contributed by atoms with E-state index in [1.807, 2.05) is 13.8 Å².